The summed E-state index contributed by atoms with van der Waals surface area (Å²) in [6.07, 6.45) is 5.90. The first-order valence-electron chi connectivity index (χ1n) is 9.65. The van der Waals surface area contributed by atoms with Gasteiger partial charge in [0.1, 0.15) is 0 Å². The highest BCUT2D eigenvalue weighted by Crippen LogP contribution is 2.29. The van der Waals surface area contributed by atoms with Crippen LogP contribution in [0, 0.1) is 25.0 Å². The molecule has 4 heteroatoms. The molecule has 1 heterocycles. The van der Waals surface area contributed by atoms with Crippen LogP contribution in [-0.2, 0) is 9.84 Å². The van der Waals surface area contributed by atoms with Gasteiger partial charge in [-0.1, -0.05) is 41.8 Å². The molecule has 2 aromatic rings. The van der Waals surface area contributed by atoms with Gasteiger partial charge in [0.25, 0.3) is 0 Å². The van der Waals surface area contributed by atoms with Crippen LogP contribution >= 0.6 is 0 Å². The molecular weight excluding hydrogens is 366 g/mol. The maximum Gasteiger partial charge on any atom is 0.245 e. The molecule has 0 amide bonds. The summed E-state index contributed by atoms with van der Waals surface area (Å²) in [5.41, 5.74) is 4.68. The smallest absolute Gasteiger partial charge is 0.245 e. The molecule has 1 saturated heterocycles. The van der Waals surface area contributed by atoms with Gasteiger partial charge in [0.15, 0.2) is 0 Å². The first kappa shape index (κ1) is 20.4. The van der Waals surface area contributed by atoms with E-state index in [1.165, 1.54) is 24.0 Å². The van der Waals surface area contributed by atoms with E-state index in [1.54, 1.807) is 30.3 Å². The zero-order valence-corrected chi connectivity index (χ0v) is 17.6. The Morgan fingerprint density at radius 3 is 2.36 bits per heavy atom. The van der Waals surface area contributed by atoms with E-state index in [4.69, 9.17) is 0 Å². The highest BCUT2D eigenvalue weighted by atomic mass is 32.2. The van der Waals surface area contributed by atoms with E-state index in [9.17, 15) is 8.42 Å². The highest BCUT2D eigenvalue weighted by Gasteiger charge is 2.18. The van der Waals surface area contributed by atoms with Crippen LogP contribution in [0.1, 0.15) is 41.0 Å². The zero-order valence-electron chi connectivity index (χ0n) is 16.8. The first-order chi connectivity index (χ1) is 13.3. The minimum Gasteiger partial charge on any atom is -0.306 e. The predicted octanol–water partition coefficient (Wildman–Crippen LogP) is 4.56. The Morgan fingerprint density at radius 1 is 1.04 bits per heavy atom. The molecule has 0 atom stereocenters. The summed E-state index contributed by atoms with van der Waals surface area (Å²) in [7, 11) is -1.41. The number of benzene rings is 2. The molecule has 1 aliphatic heterocycles. The molecule has 2 aromatic carbocycles. The SMILES string of the molecule is Cc1ccc(S(=O)(=O)C#C/C=C\c2ccc(C3CCN(C)CC3)cc2C)cc1. The summed E-state index contributed by atoms with van der Waals surface area (Å²) >= 11 is 0. The standard InChI is InChI=1S/C24H27NO2S/c1-19-7-11-24(12-8-19)28(26,27)17-5-4-6-21-9-10-23(18-20(21)2)22-13-15-25(3)16-14-22/h4,6-12,18,22H,13-16H2,1-3H3/b6-4-. The maximum absolute atomic E-state index is 12.3. The third kappa shape index (κ3) is 5.13. The topological polar surface area (TPSA) is 37.4 Å². The average Bonchev–Trinajstić information content (AvgIpc) is 2.67. The van der Waals surface area contributed by atoms with E-state index in [-0.39, 0.29) is 4.90 Å². The fraction of sp³-hybridized carbons (Fsp3) is 0.333. The van der Waals surface area contributed by atoms with Gasteiger partial charge >= 0.3 is 0 Å². The van der Waals surface area contributed by atoms with E-state index >= 15 is 0 Å². The lowest BCUT2D eigenvalue weighted by atomic mass is 9.88. The fourth-order valence-corrected chi connectivity index (χ4v) is 4.34. The summed E-state index contributed by atoms with van der Waals surface area (Å²) in [5.74, 6) is 3.31. The van der Waals surface area contributed by atoms with Gasteiger partial charge in [0.05, 0.1) is 4.90 Å². The number of sulfone groups is 1. The Labute approximate surface area is 169 Å². The molecule has 0 aromatic heterocycles. The second-order valence-electron chi connectivity index (χ2n) is 7.59. The summed E-state index contributed by atoms with van der Waals surface area (Å²) < 4.78 is 24.5. The largest absolute Gasteiger partial charge is 0.306 e. The maximum atomic E-state index is 12.3. The van der Waals surface area contributed by atoms with Crippen molar-refractivity contribution < 1.29 is 8.42 Å². The van der Waals surface area contributed by atoms with Crippen LogP contribution in [0.2, 0.25) is 0 Å². The van der Waals surface area contributed by atoms with Gasteiger partial charge in [-0.05, 0) is 93.7 Å². The summed E-state index contributed by atoms with van der Waals surface area (Å²) in [5, 5.41) is 2.38. The fourth-order valence-electron chi connectivity index (χ4n) is 3.50. The van der Waals surface area contributed by atoms with Gasteiger partial charge in [-0.15, -0.1) is 0 Å². The van der Waals surface area contributed by atoms with Crippen LogP contribution < -0.4 is 0 Å². The lowest BCUT2D eigenvalue weighted by Gasteiger charge is -2.29. The molecule has 3 nitrogen and oxygen atoms in total. The van der Waals surface area contributed by atoms with E-state index in [0.29, 0.717) is 5.92 Å². The molecule has 3 rings (SSSR count). The van der Waals surface area contributed by atoms with Crippen LogP contribution in [-0.4, -0.2) is 33.5 Å². The second kappa shape index (κ2) is 8.77. The number of hydrogen-bond donors (Lipinski definition) is 0. The quantitative estimate of drug-likeness (QED) is 0.567. The van der Waals surface area contributed by atoms with Crippen LogP contribution in [0.3, 0.4) is 0 Å². The van der Waals surface area contributed by atoms with E-state index in [1.807, 2.05) is 13.0 Å². The molecule has 0 aliphatic carbocycles. The minimum absolute atomic E-state index is 0.234. The Bertz CT molecular complexity index is 1020. The van der Waals surface area contributed by atoms with Gasteiger partial charge in [-0.2, -0.15) is 0 Å². The van der Waals surface area contributed by atoms with Crippen molar-refractivity contribution in [2.75, 3.05) is 20.1 Å². The van der Waals surface area contributed by atoms with Gasteiger partial charge in [-0.25, -0.2) is 8.42 Å². The number of allylic oxidation sites excluding steroid dienone is 1. The summed E-state index contributed by atoms with van der Waals surface area (Å²) in [6.45, 7) is 6.31. The average molecular weight is 394 g/mol. The molecular formula is C24H27NO2S. The molecule has 146 valence electrons. The van der Waals surface area contributed by atoms with Crippen molar-refractivity contribution in [1.29, 1.82) is 0 Å². The number of nitrogens with zero attached hydrogens (tertiary/aromatic N) is 1. The number of hydrogen-bond acceptors (Lipinski definition) is 3. The minimum atomic E-state index is -3.58. The summed E-state index contributed by atoms with van der Waals surface area (Å²) in [6, 6.07) is 13.3. The van der Waals surface area contributed by atoms with Crippen molar-refractivity contribution in [3.05, 3.63) is 70.8 Å². The monoisotopic (exact) mass is 393 g/mol. The normalized spacial score (nSPS) is 16.1. The molecule has 0 saturated carbocycles. The Morgan fingerprint density at radius 2 is 1.71 bits per heavy atom. The molecule has 0 unspecified atom stereocenters. The van der Waals surface area contributed by atoms with Gasteiger partial charge < -0.3 is 4.90 Å². The molecule has 0 N–H and O–H groups in total. The van der Waals surface area contributed by atoms with E-state index in [0.717, 1.165) is 24.2 Å². The third-order valence-electron chi connectivity index (χ3n) is 5.35. The molecule has 28 heavy (non-hydrogen) atoms. The lowest BCUT2D eigenvalue weighted by molar-refractivity contribution is 0.255. The van der Waals surface area contributed by atoms with Gasteiger partial charge in [0.2, 0.25) is 9.84 Å². The lowest BCUT2D eigenvalue weighted by Crippen LogP contribution is -2.29. The number of aryl methyl sites for hydroxylation is 2. The number of likely N-dealkylation sites (tertiary alicyclic amines) is 1. The van der Waals surface area contributed by atoms with Gasteiger partial charge in [0, 0.05) is 5.25 Å². The zero-order chi connectivity index (χ0) is 20.1. The van der Waals surface area contributed by atoms with E-state index in [2.05, 4.69) is 48.2 Å². The van der Waals surface area contributed by atoms with Crippen molar-refractivity contribution in [2.45, 2.75) is 37.5 Å². The van der Waals surface area contributed by atoms with Crippen LogP contribution in [0.25, 0.3) is 6.08 Å². The molecule has 1 aliphatic rings. The Balaban J connectivity index is 1.70. The van der Waals surface area contributed by atoms with Gasteiger partial charge in [-0.3, -0.25) is 0 Å². The van der Waals surface area contributed by atoms with Crippen molar-refractivity contribution in [1.82, 2.24) is 4.90 Å². The van der Waals surface area contributed by atoms with E-state index < -0.39 is 9.84 Å². The number of rotatable bonds is 3. The Hall–Kier alpha value is -2.35. The van der Waals surface area contributed by atoms with Crippen molar-refractivity contribution >= 4 is 15.9 Å². The third-order valence-corrected chi connectivity index (χ3v) is 6.63. The molecule has 0 bridgehead atoms. The van der Waals surface area contributed by atoms with Crippen molar-refractivity contribution in [3.63, 3.8) is 0 Å². The Kier molecular flexibility index (Phi) is 6.39. The summed E-state index contributed by atoms with van der Waals surface area (Å²) in [4.78, 5) is 2.61. The molecule has 1 fully saturated rings. The number of piperidine rings is 1. The molecule has 0 spiro atoms. The van der Waals surface area contributed by atoms with Crippen molar-refractivity contribution in [2.24, 2.45) is 0 Å². The van der Waals surface area contributed by atoms with Crippen LogP contribution in [0.5, 0.6) is 0 Å². The first-order valence-corrected chi connectivity index (χ1v) is 11.1. The second-order valence-corrected chi connectivity index (χ2v) is 9.27. The highest BCUT2D eigenvalue weighted by molar-refractivity contribution is 7.96. The van der Waals surface area contributed by atoms with Crippen LogP contribution in [0.15, 0.2) is 53.4 Å². The van der Waals surface area contributed by atoms with Crippen molar-refractivity contribution in [3.8, 4) is 11.2 Å². The molecule has 0 radical (unpaired) electrons. The van der Waals surface area contributed by atoms with Crippen LogP contribution in [0.4, 0.5) is 0 Å². The predicted molar refractivity (Wildman–Crippen MR) is 116 cm³/mol.